The number of aromatic nitrogens is 1. The van der Waals surface area contributed by atoms with E-state index in [9.17, 15) is 14.7 Å². The molecule has 1 heterocycles. The Hall–Kier alpha value is -3.41. The normalized spacial score (nSPS) is 11.3. The van der Waals surface area contributed by atoms with E-state index in [0.717, 1.165) is 11.1 Å². The Labute approximate surface area is 169 Å². The van der Waals surface area contributed by atoms with Crippen LogP contribution in [0.2, 0.25) is 0 Å². The molecule has 150 valence electrons. The van der Waals surface area contributed by atoms with Crippen molar-refractivity contribution in [1.82, 2.24) is 10.3 Å². The van der Waals surface area contributed by atoms with Crippen LogP contribution in [0.15, 0.2) is 59.1 Å². The highest BCUT2D eigenvalue weighted by atomic mass is 16.4. The summed E-state index contributed by atoms with van der Waals surface area (Å²) < 4.78 is 5.91. The number of carboxylic acids is 1. The minimum atomic E-state index is -0.904. The molecule has 0 atom stereocenters. The highest BCUT2D eigenvalue weighted by Gasteiger charge is 2.27. The van der Waals surface area contributed by atoms with Gasteiger partial charge in [-0.25, -0.2) is 4.98 Å². The van der Waals surface area contributed by atoms with Gasteiger partial charge in [-0.15, -0.1) is 0 Å². The summed E-state index contributed by atoms with van der Waals surface area (Å²) in [6, 6.07) is 15.0. The molecule has 0 radical (unpaired) electrons. The number of hydrogen-bond donors (Lipinski definition) is 2. The Morgan fingerprint density at radius 3 is 2.48 bits per heavy atom. The van der Waals surface area contributed by atoms with Gasteiger partial charge in [0.25, 0.3) is 5.91 Å². The van der Waals surface area contributed by atoms with E-state index in [4.69, 9.17) is 4.42 Å². The number of amides is 1. The second-order valence-corrected chi connectivity index (χ2v) is 7.64. The maximum absolute atomic E-state index is 12.7. The van der Waals surface area contributed by atoms with Gasteiger partial charge in [-0.05, 0) is 39.3 Å². The van der Waals surface area contributed by atoms with Crippen LogP contribution < -0.4 is 5.32 Å². The third-order valence-corrected chi connectivity index (χ3v) is 4.86. The van der Waals surface area contributed by atoms with Gasteiger partial charge in [0.1, 0.15) is 0 Å². The van der Waals surface area contributed by atoms with E-state index in [1.165, 1.54) is 0 Å². The number of hydrogen-bond acceptors (Lipinski definition) is 4. The minimum Gasteiger partial charge on any atom is -0.481 e. The predicted molar refractivity (Wildman–Crippen MR) is 110 cm³/mol. The molecule has 3 rings (SSSR count). The van der Waals surface area contributed by atoms with E-state index in [1.807, 2.05) is 37.3 Å². The summed E-state index contributed by atoms with van der Waals surface area (Å²) >= 11 is 0. The monoisotopic (exact) mass is 392 g/mol. The Morgan fingerprint density at radius 2 is 1.79 bits per heavy atom. The molecule has 2 aromatic carbocycles. The number of benzene rings is 2. The molecule has 0 aliphatic rings. The number of rotatable bonds is 7. The Bertz CT molecular complexity index is 1020. The molecule has 0 saturated heterocycles. The fraction of sp³-hybridized carbons (Fsp3) is 0.261. The quantitative estimate of drug-likeness (QED) is 0.615. The summed E-state index contributed by atoms with van der Waals surface area (Å²) in [7, 11) is 0. The zero-order chi connectivity index (χ0) is 21.0. The lowest BCUT2D eigenvalue weighted by atomic mass is 9.89. The second-order valence-electron chi connectivity index (χ2n) is 7.64. The molecule has 0 fully saturated rings. The van der Waals surface area contributed by atoms with Gasteiger partial charge in [0.05, 0.1) is 17.2 Å². The molecule has 0 unspecified atom stereocenters. The highest BCUT2D eigenvalue weighted by Crippen LogP contribution is 2.28. The average Bonchev–Trinajstić information content (AvgIpc) is 3.18. The maximum atomic E-state index is 12.7. The standard InChI is InChI=1S/C23H24N2O4/c1-15-8-10-16(11-9-15)19-14-25-21(29-19)18-7-5-4-6-17(18)20(26)24-13-12-23(2,3)22(27)28/h4-11,14H,12-13H2,1-3H3,(H,24,26)(H,27,28). The molecule has 6 heteroatoms. The van der Waals surface area contributed by atoms with E-state index in [2.05, 4.69) is 10.3 Å². The van der Waals surface area contributed by atoms with Gasteiger partial charge in [0, 0.05) is 17.7 Å². The lowest BCUT2D eigenvalue weighted by Crippen LogP contribution is -2.32. The van der Waals surface area contributed by atoms with Crippen LogP contribution in [0, 0.1) is 12.3 Å². The van der Waals surface area contributed by atoms with Crippen LogP contribution in [0.25, 0.3) is 22.8 Å². The summed E-state index contributed by atoms with van der Waals surface area (Å²) in [6.45, 7) is 5.54. The average molecular weight is 392 g/mol. The van der Waals surface area contributed by atoms with Crippen molar-refractivity contribution in [3.8, 4) is 22.8 Å². The van der Waals surface area contributed by atoms with Gasteiger partial charge < -0.3 is 14.8 Å². The van der Waals surface area contributed by atoms with E-state index in [1.54, 1.807) is 38.2 Å². The molecule has 1 aromatic heterocycles. The zero-order valence-corrected chi connectivity index (χ0v) is 16.7. The number of oxazole rings is 1. The van der Waals surface area contributed by atoms with Crippen LogP contribution in [-0.2, 0) is 4.79 Å². The number of carbonyl (C=O) groups is 2. The van der Waals surface area contributed by atoms with Gasteiger partial charge in [-0.1, -0.05) is 42.0 Å². The van der Waals surface area contributed by atoms with Crippen molar-refractivity contribution in [1.29, 1.82) is 0 Å². The fourth-order valence-electron chi connectivity index (χ4n) is 2.81. The number of carbonyl (C=O) groups excluding carboxylic acids is 1. The number of aryl methyl sites for hydroxylation is 1. The Balaban J connectivity index is 1.78. The first-order valence-corrected chi connectivity index (χ1v) is 9.42. The van der Waals surface area contributed by atoms with Crippen LogP contribution in [0.4, 0.5) is 0 Å². The summed E-state index contributed by atoms with van der Waals surface area (Å²) in [5, 5.41) is 12.0. The molecule has 3 aromatic rings. The molecule has 0 aliphatic carbocycles. The molecule has 0 saturated carbocycles. The lowest BCUT2D eigenvalue weighted by Gasteiger charge is -2.19. The van der Waals surface area contributed by atoms with Crippen molar-refractivity contribution in [2.45, 2.75) is 27.2 Å². The summed E-state index contributed by atoms with van der Waals surface area (Å²) in [4.78, 5) is 28.2. The van der Waals surface area contributed by atoms with Crippen molar-refractivity contribution in [3.63, 3.8) is 0 Å². The van der Waals surface area contributed by atoms with Crippen LogP contribution in [0.5, 0.6) is 0 Å². The molecule has 0 bridgehead atoms. The maximum Gasteiger partial charge on any atom is 0.309 e. The predicted octanol–water partition coefficient (Wildman–Crippen LogP) is 4.55. The number of aliphatic carboxylic acids is 1. The molecule has 29 heavy (non-hydrogen) atoms. The lowest BCUT2D eigenvalue weighted by molar-refractivity contribution is -0.147. The Morgan fingerprint density at radius 1 is 1.10 bits per heavy atom. The van der Waals surface area contributed by atoms with Gasteiger partial charge in [0.15, 0.2) is 5.76 Å². The van der Waals surface area contributed by atoms with Crippen LogP contribution in [0.1, 0.15) is 36.2 Å². The molecule has 0 aliphatic heterocycles. The SMILES string of the molecule is Cc1ccc(-c2cnc(-c3ccccc3C(=O)NCCC(C)(C)C(=O)O)o2)cc1. The fourth-order valence-corrected chi connectivity index (χ4v) is 2.81. The van der Waals surface area contributed by atoms with E-state index in [0.29, 0.717) is 29.2 Å². The first kappa shape index (κ1) is 20.3. The minimum absolute atomic E-state index is 0.257. The van der Waals surface area contributed by atoms with Gasteiger partial charge >= 0.3 is 5.97 Å². The summed E-state index contributed by atoms with van der Waals surface area (Å²) in [5.74, 6) is -0.206. The second kappa shape index (κ2) is 8.31. The van der Waals surface area contributed by atoms with E-state index >= 15 is 0 Å². The topological polar surface area (TPSA) is 92.4 Å². The Kier molecular flexibility index (Phi) is 5.82. The van der Waals surface area contributed by atoms with E-state index in [-0.39, 0.29) is 12.5 Å². The van der Waals surface area contributed by atoms with Crippen molar-refractivity contribution in [3.05, 3.63) is 65.9 Å². The van der Waals surface area contributed by atoms with Crippen molar-refractivity contribution >= 4 is 11.9 Å². The first-order valence-electron chi connectivity index (χ1n) is 9.42. The van der Waals surface area contributed by atoms with Crippen molar-refractivity contribution < 1.29 is 19.1 Å². The van der Waals surface area contributed by atoms with Crippen LogP contribution >= 0.6 is 0 Å². The molecular formula is C23H24N2O4. The number of nitrogens with zero attached hydrogens (tertiary/aromatic N) is 1. The number of nitrogens with one attached hydrogen (secondary N) is 1. The van der Waals surface area contributed by atoms with Gasteiger partial charge in [-0.3, -0.25) is 9.59 Å². The van der Waals surface area contributed by atoms with Gasteiger partial charge in [0.2, 0.25) is 5.89 Å². The summed E-state index contributed by atoms with van der Waals surface area (Å²) in [5.41, 5.74) is 2.17. The number of carboxylic acid groups (broad SMARTS) is 1. The molecule has 6 nitrogen and oxygen atoms in total. The first-order chi connectivity index (χ1) is 13.8. The molecule has 2 N–H and O–H groups in total. The molecule has 1 amide bonds. The van der Waals surface area contributed by atoms with Crippen molar-refractivity contribution in [2.24, 2.45) is 5.41 Å². The van der Waals surface area contributed by atoms with E-state index < -0.39 is 11.4 Å². The smallest absolute Gasteiger partial charge is 0.309 e. The largest absolute Gasteiger partial charge is 0.481 e. The van der Waals surface area contributed by atoms with Crippen LogP contribution in [-0.4, -0.2) is 28.5 Å². The molecular weight excluding hydrogens is 368 g/mol. The van der Waals surface area contributed by atoms with Crippen LogP contribution in [0.3, 0.4) is 0 Å². The third-order valence-electron chi connectivity index (χ3n) is 4.86. The highest BCUT2D eigenvalue weighted by molar-refractivity contribution is 6.00. The summed E-state index contributed by atoms with van der Waals surface area (Å²) in [6.07, 6.45) is 1.97. The molecule has 0 spiro atoms. The zero-order valence-electron chi connectivity index (χ0n) is 16.7. The van der Waals surface area contributed by atoms with Gasteiger partial charge in [-0.2, -0.15) is 0 Å². The third kappa shape index (κ3) is 4.71. The van der Waals surface area contributed by atoms with Crippen molar-refractivity contribution in [2.75, 3.05) is 6.54 Å².